The number of nitrogens with zero attached hydrogens (tertiary/aromatic N) is 2. The van der Waals surface area contributed by atoms with Gasteiger partial charge in [0.15, 0.2) is 0 Å². The topological polar surface area (TPSA) is 114 Å². The summed E-state index contributed by atoms with van der Waals surface area (Å²) in [4.78, 5) is 34.8. The molecule has 1 rings (SSSR count). The molecule has 1 aromatic heterocycles. The molecule has 0 saturated heterocycles. The minimum atomic E-state index is -1.11. The molecule has 0 bridgehead atoms. The fourth-order valence-corrected chi connectivity index (χ4v) is 1.67. The summed E-state index contributed by atoms with van der Waals surface area (Å²) < 4.78 is 1.96. The van der Waals surface area contributed by atoms with Gasteiger partial charge in [-0.3, -0.25) is 18.7 Å². The second-order valence-corrected chi connectivity index (χ2v) is 4.62. The summed E-state index contributed by atoms with van der Waals surface area (Å²) in [5, 5.41) is 21.0. The Labute approximate surface area is 115 Å². The Morgan fingerprint density at radius 3 is 2.45 bits per heavy atom. The van der Waals surface area contributed by atoms with Crippen molar-refractivity contribution in [3.8, 4) is 0 Å². The molecule has 1 aromatic rings. The van der Waals surface area contributed by atoms with E-state index in [1.54, 1.807) is 6.92 Å². The lowest BCUT2D eigenvalue weighted by atomic mass is 9.98. The molecule has 0 saturated carbocycles. The van der Waals surface area contributed by atoms with Crippen LogP contribution in [0.15, 0.2) is 21.9 Å². The Morgan fingerprint density at radius 2 is 1.95 bits per heavy atom. The monoisotopic (exact) mass is 285 g/mol. The maximum atomic E-state index is 11.9. The number of carbonyl (C=O) groups is 1. The van der Waals surface area contributed by atoms with Crippen LogP contribution in [0.2, 0.25) is 0 Å². The molecule has 0 atom stereocenters. The summed E-state index contributed by atoms with van der Waals surface area (Å²) in [5.41, 5.74) is -2.18. The van der Waals surface area contributed by atoms with Gasteiger partial charge in [-0.15, -0.1) is 0 Å². The van der Waals surface area contributed by atoms with Gasteiger partial charge in [-0.2, -0.15) is 0 Å². The van der Waals surface area contributed by atoms with Crippen LogP contribution in [0.25, 0.3) is 0 Å². The number of hydrogen-bond donors (Lipinski definition) is 3. The van der Waals surface area contributed by atoms with Crippen molar-refractivity contribution in [2.24, 2.45) is 7.05 Å². The SMILES string of the molecule is CCC(CO)(CO)NC(=O)Cn1ccc(=O)n(C)c1=O. The fourth-order valence-electron chi connectivity index (χ4n) is 1.67. The average Bonchev–Trinajstić information content (AvgIpc) is 2.45. The Hall–Kier alpha value is -1.93. The molecule has 0 aliphatic carbocycles. The van der Waals surface area contributed by atoms with Crippen LogP contribution in [0.4, 0.5) is 0 Å². The van der Waals surface area contributed by atoms with Crippen LogP contribution in [0.1, 0.15) is 13.3 Å². The van der Waals surface area contributed by atoms with Gasteiger partial charge in [0.05, 0.1) is 18.8 Å². The summed E-state index contributed by atoms with van der Waals surface area (Å²) in [6.07, 6.45) is 1.57. The molecule has 1 heterocycles. The molecule has 20 heavy (non-hydrogen) atoms. The van der Waals surface area contributed by atoms with Crippen molar-refractivity contribution in [3.63, 3.8) is 0 Å². The first kappa shape index (κ1) is 16.1. The van der Waals surface area contributed by atoms with E-state index >= 15 is 0 Å². The second-order valence-electron chi connectivity index (χ2n) is 4.62. The van der Waals surface area contributed by atoms with Gasteiger partial charge in [0.1, 0.15) is 6.54 Å². The van der Waals surface area contributed by atoms with E-state index in [1.807, 2.05) is 0 Å². The summed E-state index contributed by atoms with van der Waals surface area (Å²) in [5.74, 6) is -0.532. The molecule has 0 aliphatic rings. The van der Waals surface area contributed by atoms with Crippen LogP contribution in [-0.4, -0.2) is 44.0 Å². The van der Waals surface area contributed by atoms with E-state index in [9.17, 15) is 24.6 Å². The Balaban J connectivity index is 2.90. The smallest absolute Gasteiger partial charge is 0.331 e. The highest BCUT2D eigenvalue weighted by Crippen LogP contribution is 2.07. The lowest BCUT2D eigenvalue weighted by Crippen LogP contribution is -2.55. The standard InChI is InChI=1S/C12H19N3O5/c1-3-12(7-16,8-17)13-9(18)6-15-5-4-10(19)14(2)11(15)20/h4-5,16-17H,3,6-8H2,1-2H3,(H,13,18). The third kappa shape index (κ3) is 3.34. The van der Waals surface area contributed by atoms with E-state index in [0.29, 0.717) is 6.42 Å². The van der Waals surface area contributed by atoms with Gasteiger partial charge in [0, 0.05) is 19.3 Å². The van der Waals surface area contributed by atoms with Crippen molar-refractivity contribution >= 4 is 5.91 Å². The number of amides is 1. The van der Waals surface area contributed by atoms with Crippen LogP contribution in [-0.2, 0) is 18.4 Å². The third-order valence-electron chi connectivity index (χ3n) is 3.26. The van der Waals surface area contributed by atoms with Gasteiger partial charge in [-0.1, -0.05) is 6.92 Å². The van der Waals surface area contributed by atoms with Gasteiger partial charge in [-0.25, -0.2) is 4.79 Å². The number of aliphatic hydroxyl groups is 2. The highest BCUT2D eigenvalue weighted by Gasteiger charge is 2.28. The van der Waals surface area contributed by atoms with E-state index in [2.05, 4.69) is 5.32 Å². The molecule has 3 N–H and O–H groups in total. The molecular weight excluding hydrogens is 266 g/mol. The van der Waals surface area contributed by atoms with Crippen molar-refractivity contribution < 1.29 is 15.0 Å². The average molecular weight is 285 g/mol. The van der Waals surface area contributed by atoms with Crippen LogP contribution >= 0.6 is 0 Å². The van der Waals surface area contributed by atoms with E-state index < -0.39 is 35.9 Å². The predicted molar refractivity (Wildman–Crippen MR) is 71.3 cm³/mol. The van der Waals surface area contributed by atoms with Crippen molar-refractivity contribution in [2.75, 3.05) is 13.2 Å². The predicted octanol–water partition coefficient (Wildman–Crippen LogP) is -2.20. The molecule has 1 amide bonds. The van der Waals surface area contributed by atoms with Gasteiger partial charge in [-0.05, 0) is 6.42 Å². The molecule has 8 heteroatoms. The minimum absolute atomic E-state index is 0.297. The van der Waals surface area contributed by atoms with Gasteiger partial charge in [0.25, 0.3) is 5.56 Å². The molecule has 0 aromatic carbocycles. The Bertz CT molecular complexity index is 577. The fraction of sp³-hybridized carbons (Fsp3) is 0.583. The van der Waals surface area contributed by atoms with Crippen molar-refractivity contribution in [2.45, 2.75) is 25.4 Å². The number of nitrogens with one attached hydrogen (secondary N) is 1. The Kier molecular flexibility index (Phi) is 5.23. The van der Waals surface area contributed by atoms with Crippen LogP contribution in [0, 0.1) is 0 Å². The zero-order chi connectivity index (χ0) is 15.3. The van der Waals surface area contributed by atoms with Gasteiger partial charge < -0.3 is 15.5 Å². The molecule has 8 nitrogen and oxygen atoms in total. The maximum absolute atomic E-state index is 11.9. The first-order valence-electron chi connectivity index (χ1n) is 6.18. The van der Waals surface area contributed by atoms with E-state index in [-0.39, 0.29) is 6.54 Å². The molecule has 0 spiro atoms. The third-order valence-corrected chi connectivity index (χ3v) is 3.26. The zero-order valence-corrected chi connectivity index (χ0v) is 11.5. The van der Waals surface area contributed by atoms with Crippen LogP contribution < -0.4 is 16.6 Å². The first-order valence-corrected chi connectivity index (χ1v) is 6.18. The minimum Gasteiger partial charge on any atom is -0.394 e. The van der Waals surface area contributed by atoms with Crippen molar-refractivity contribution in [3.05, 3.63) is 33.1 Å². The van der Waals surface area contributed by atoms with Crippen molar-refractivity contribution in [1.82, 2.24) is 14.5 Å². The van der Waals surface area contributed by atoms with Crippen molar-refractivity contribution in [1.29, 1.82) is 0 Å². The maximum Gasteiger partial charge on any atom is 0.331 e. The van der Waals surface area contributed by atoms with E-state index in [1.165, 1.54) is 19.3 Å². The highest BCUT2D eigenvalue weighted by atomic mass is 16.3. The van der Waals surface area contributed by atoms with Gasteiger partial charge >= 0.3 is 5.69 Å². The summed E-state index contributed by atoms with van der Waals surface area (Å²) >= 11 is 0. The summed E-state index contributed by atoms with van der Waals surface area (Å²) in [6, 6.07) is 1.18. The van der Waals surface area contributed by atoms with Crippen LogP contribution in [0.3, 0.4) is 0 Å². The number of hydrogen-bond acceptors (Lipinski definition) is 5. The number of aliphatic hydroxyl groups excluding tert-OH is 2. The lowest BCUT2D eigenvalue weighted by molar-refractivity contribution is -0.125. The van der Waals surface area contributed by atoms with Crippen LogP contribution in [0.5, 0.6) is 0 Å². The van der Waals surface area contributed by atoms with E-state index in [4.69, 9.17) is 0 Å². The quantitative estimate of drug-likeness (QED) is 0.549. The second kappa shape index (κ2) is 6.49. The largest absolute Gasteiger partial charge is 0.394 e. The van der Waals surface area contributed by atoms with E-state index in [0.717, 1.165) is 9.13 Å². The molecule has 0 unspecified atom stereocenters. The number of carbonyl (C=O) groups excluding carboxylic acids is 1. The molecule has 0 fully saturated rings. The molecule has 112 valence electrons. The highest BCUT2D eigenvalue weighted by molar-refractivity contribution is 5.76. The number of aromatic nitrogens is 2. The lowest BCUT2D eigenvalue weighted by Gasteiger charge is -2.29. The molecule has 0 radical (unpaired) electrons. The number of rotatable bonds is 6. The van der Waals surface area contributed by atoms with Gasteiger partial charge in [0.2, 0.25) is 5.91 Å². The summed E-state index contributed by atoms with van der Waals surface area (Å²) in [7, 11) is 1.32. The first-order chi connectivity index (χ1) is 9.39. The Morgan fingerprint density at radius 1 is 1.35 bits per heavy atom. The summed E-state index contributed by atoms with van der Waals surface area (Å²) in [6.45, 7) is 0.599. The molecule has 0 aliphatic heterocycles. The zero-order valence-electron chi connectivity index (χ0n) is 11.5. The normalized spacial score (nSPS) is 11.4. The molecular formula is C12H19N3O5.